The first-order valence-corrected chi connectivity index (χ1v) is 4.80. The van der Waals surface area contributed by atoms with Gasteiger partial charge in [0.05, 0.1) is 5.37 Å². The minimum absolute atomic E-state index is 0. The lowest BCUT2D eigenvalue weighted by Gasteiger charge is -2.17. The standard InChI is InChI=1S/C8H17NS.ClH/c1-6(2)7-9-5-8(3,4)10-7;/h6-7,9H,5H2,1-4H3;1H. The Morgan fingerprint density at radius 3 is 2.18 bits per heavy atom. The molecule has 1 rings (SSSR count). The van der Waals surface area contributed by atoms with Gasteiger partial charge in [0.25, 0.3) is 0 Å². The summed E-state index contributed by atoms with van der Waals surface area (Å²) in [6.45, 7) is 10.3. The molecule has 1 N–H and O–H groups in total. The van der Waals surface area contributed by atoms with Crippen molar-refractivity contribution in [2.75, 3.05) is 6.54 Å². The van der Waals surface area contributed by atoms with E-state index >= 15 is 0 Å². The number of hydrogen-bond donors (Lipinski definition) is 1. The van der Waals surface area contributed by atoms with E-state index in [0.29, 0.717) is 10.1 Å². The molecule has 0 aliphatic carbocycles. The Kier molecular flexibility index (Phi) is 4.23. The van der Waals surface area contributed by atoms with Crippen molar-refractivity contribution in [3.8, 4) is 0 Å². The largest absolute Gasteiger partial charge is 0.304 e. The van der Waals surface area contributed by atoms with Crippen molar-refractivity contribution in [2.45, 2.75) is 37.8 Å². The van der Waals surface area contributed by atoms with E-state index in [-0.39, 0.29) is 12.4 Å². The summed E-state index contributed by atoms with van der Waals surface area (Å²) in [6.07, 6.45) is 0. The van der Waals surface area contributed by atoms with Crippen LogP contribution in [0.2, 0.25) is 0 Å². The zero-order valence-electron chi connectivity index (χ0n) is 7.68. The number of rotatable bonds is 1. The highest BCUT2D eigenvalue weighted by molar-refractivity contribution is 8.01. The number of nitrogens with one attached hydrogen (secondary N) is 1. The van der Waals surface area contributed by atoms with Gasteiger partial charge in [-0.25, -0.2) is 0 Å². The first kappa shape index (κ1) is 11.6. The van der Waals surface area contributed by atoms with E-state index in [1.54, 1.807) is 0 Å². The van der Waals surface area contributed by atoms with E-state index in [4.69, 9.17) is 0 Å². The summed E-state index contributed by atoms with van der Waals surface area (Å²) in [5.74, 6) is 0.756. The van der Waals surface area contributed by atoms with Gasteiger partial charge in [0.2, 0.25) is 0 Å². The van der Waals surface area contributed by atoms with Crippen LogP contribution < -0.4 is 5.32 Å². The lowest BCUT2D eigenvalue weighted by atomic mass is 10.2. The van der Waals surface area contributed by atoms with Crippen molar-refractivity contribution in [2.24, 2.45) is 5.92 Å². The van der Waals surface area contributed by atoms with Gasteiger partial charge in [-0.3, -0.25) is 0 Å². The third-order valence-corrected chi connectivity index (χ3v) is 3.53. The van der Waals surface area contributed by atoms with Crippen LogP contribution in [-0.4, -0.2) is 16.7 Å². The molecular weight excluding hydrogens is 178 g/mol. The first-order chi connectivity index (χ1) is 4.51. The summed E-state index contributed by atoms with van der Waals surface area (Å²) in [5, 5.41) is 4.19. The highest BCUT2D eigenvalue weighted by Gasteiger charge is 2.32. The van der Waals surface area contributed by atoms with Crippen molar-refractivity contribution in [3.05, 3.63) is 0 Å². The fraction of sp³-hybridized carbons (Fsp3) is 1.00. The minimum Gasteiger partial charge on any atom is -0.304 e. The molecule has 1 heterocycles. The predicted molar refractivity (Wildman–Crippen MR) is 55.5 cm³/mol. The van der Waals surface area contributed by atoms with E-state index in [0.717, 1.165) is 12.5 Å². The maximum Gasteiger partial charge on any atom is 0.0561 e. The zero-order chi connectivity index (χ0) is 7.78. The molecule has 0 aromatic heterocycles. The Balaban J connectivity index is 0.000001000. The third kappa shape index (κ3) is 3.22. The molecule has 3 heteroatoms. The van der Waals surface area contributed by atoms with Crippen molar-refractivity contribution in [1.29, 1.82) is 0 Å². The Bertz CT molecular complexity index is 125. The van der Waals surface area contributed by atoms with E-state index in [2.05, 4.69) is 44.8 Å². The van der Waals surface area contributed by atoms with Gasteiger partial charge in [0.1, 0.15) is 0 Å². The normalized spacial score (nSPS) is 28.6. The summed E-state index contributed by atoms with van der Waals surface area (Å²) < 4.78 is 0.453. The van der Waals surface area contributed by atoms with Crippen molar-refractivity contribution in [1.82, 2.24) is 5.32 Å². The van der Waals surface area contributed by atoms with E-state index in [1.165, 1.54) is 0 Å². The van der Waals surface area contributed by atoms with Crippen LogP contribution in [0, 0.1) is 5.92 Å². The van der Waals surface area contributed by atoms with Crippen LogP contribution in [0.1, 0.15) is 27.7 Å². The Hall–Kier alpha value is 0.600. The maximum atomic E-state index is 3.51. The summed E-state index contributed by atoms with van der Waals surface area (Å²) in [7, 11) is 0. The van der Waals surface area contributed by atoms with Crippen LogP contribution in [0.4, 0.5) is 0 Å². The summed E-state index contributed by atoms with van der Waals surface area (Å²) >= 11 is 2.06. The lowest BCUT2D eigenvalue weighted by Crippen LogP contribution is -2.26. The van der Waals surface area contributed by atoms with Crippen LogP contribution in [-0.2, 0) is 0 Å². The first-order valence-electron chi connectivity index (χ1n) is 3.92. The van der Waals surface area contributed by atoms with Crippen LogP contribution in [0.3, 0.4) is 0 Å². The SMILES string of the molecule is CC(C)C1NCC(C)(C)S1.Cl. The average molecular weight is 196 g/mol. The second-order valence-corrected chi connectivity index (χ2v) is 5.77. The average Bonchev–Trinajstić information content (AvgIpc) is 2.10. The summed E-state index contributed by atoms with van der Waals surface area (Å²) in [5.41, 5.74) is 0. The molecule has 0 spiro atoms. The van der Waals surface area contributed by atoms with Gasteiger partial charge >= 0.3 is 0 Å². The molecule has 1 aliphatic rings. The predicted octanol–water partition coefficient (Wildman–Crippen LogP) is 2.51. The quantitative estimate of drug-likeness (QED) is 0.690. The molecule has 1 nitrogen and oxygen atoms in total. The maximum absolute atomic E-state index is 3.51. The number of thioether (sulfide) groups is 1. The molecular formula is C8H18ClNS. The molecule has 1 unspecified atom stereocenters. The molecule has 0 saturated carbocycles. The highest BCUT2D eigenvalue weighted by Crippen LogP contribution is 2.35. The van der Waals surface area contributed by atoms with Crippen molar-refractivity contribution >= 4 is 24.2 Å². The molecule has 1 fully saturated rings. The molecule has 68 valence electrons. The van der Waals surface area contributed by atoms with Gasteiger partial charge < -0.3 is 5.32 Å². The molecule has 0 aromatic carbocycles. The number of halogens is 1. The van der Waals surface area contributed by atoms with E-state index in [1.807, 2.05) is 0 Å². The Morgan fingerprint density at radius 1 is 1.45 bits per heavy atom. The fourth-order valence-electron chi connectivity index (χ4n) is 1.15. The lowest BCUT2D eigenvalue weighted by molar-refractivity contribution is 0.524. The van der Waals surface area contributed by atoms with Crippen molar-refractivity contribution in [3.63, 3.8) is 0 Å². The van der Waals surface area contributed by atoms with Gasteiger partial charge in [0, 0.05) is 11.3 Å². The van der Waals surface area contributed by atoms with Gasteiger partial charge in [-0.2, -0.15) is 0 Å². The Labute approximate surface area is 80.1 Å². The third-order valence-electron chi connectivity index (χ3n) is 1.78. The second-order valence-electron chi connectivity index (χ2n) is 3.92. The monoisotopic (exact) mass is 195 g/mol. The topological polar surface area (TPSA) is 12.0 Å². The molecule has 0 amide bonds. The van der Waals surface area contributed by atoms with E-state index in [9.17, 15) is 0 Å². The van der Waals surface area contributed by atoms with Gasteiger partial charge in [-0.1, -0.05) is 13.8 Å². The highest BCUT2D eigenvalue weighted by atomic mass is 35.5. The van der Waals surface area contributed by atoms with E-state index < -0.39 is 0 Å². The van der Waals surface area contributed by atoms with Crippen LogP contribution in [0.25, 0.3) is 0 Å². The Morgan fingerprint density at radius 2 is 2.00 bits per heavy atom. The molecule has 0 bridgehead atoms. The van der Waals surface area contributed by atoms with Gasteiger partial charge in [0.15, 0.2) is 0 Å². The minimum atomic E-state index is 0. The molecule has 1 saturated heterocycles. The van der Waals surface area contributed by atoms with Crippen molar-refractivity contribution < 1.29 is 0 Å². The number of hydrogen-bond acceptors (Lipinski definition) is 2. The van der Waals surface area contributed by atoms with Crippen LogP contribution in [0.5, 0.6) is 0 Å². The van der Waals surface area contributed by atoms with Crippen LogP contribution >= 0.6 is 24.2 Å². The van der Waals surface area contributed by atoms with Crippen LogP contribution in [0.15, 0.2) is 0 Å². The summed E-state index contributed by atoms with van der Waals surface area (Å²) in [4.78, 5) is 0. The zero-order valence-corrected chi connectivity index (χ0v) is 9.31. The molecule has 11 heavy (non-hydrogen) atoms. The summed E-state index contributed by atoms with van der Waals surface area (Å²) in [6, 6.07) is 0. The molecule has 0 radical (unpaired) electrons. The molecule has 1 aliphatic heterocycles. The molecule has 1 atom stereocenters. The van der Waals surface area contributed by atoms with Gasteiger partial charge in [-0.15, -0.1) is 24.2 Å². The fourth-order valence-corrected chi connectivity index (χ4v) is 2.44. The molecule has 0 aromatic rings. The second kappa shape index (κ2) is 4.01. The van der Waals surface area contributed by atoms with Gasteiger partial charge in [-0.05, 0) is 19.8 Å². The smallest absolute Gasteiger partial charge is 0.0561 e.